The van der Waals surface area contributed by atoms with Crippen LogP contribution in [-0.4, -0.2) is 25.7 Å². The van der Waals surface area contributed by atoms with Gasteiger partial charge in [-0.3, -0.25) is 9.52 Å². The molecule has 29 heavy (non-hydrogen) atoms. The number of carbonyl (C=O) groups is 1. The molecule has 0 spiro atoms. The van der Waals surface area contributed by atoms with Crippen LogP contribution in [0.1, 0.15) is 10.5 Å². The minimum Gasteiger partial charge on any atom is -0.406 e. The van der Waals surface area contributed by atoms with Gasteiger partial charge in [-0.05, 0) is 36.4 Å². The van der Waals surface area contributed by atoms with Crippen molar-refractivity contribution in [2.45, 2.75) is 11.3 Å². The van der Waals surface area contributed by atoms with E-state index in [9.17, 15) is 26.4 Å². The molecule has 152 valence electrons. The lowest BCUT2D eigenvalue weighted by Crippen LogP contribution is -2.17. The summed E-state index contributed by atoms with van der Waals surface area (Å²) in [4.78, 5) is 16.2. The standard InChI is InChI=1S/C17H12F3N3O4S2/c18-17(19,20)27-12-8-6-11(7-9-12)21-15(24)14-10-28-16(22-14)23-29(25,26)13-4-2-1-3-5-13/h1-10H,(H,21,24)(H,22,23). The van der Waals surface area contributed by atoms with Gasteiger partial charge < -0.3 is 10.1 Å². The van der Waals surface area contributed by atoms with Gasteiger partial charge in [-0.1, -0.05) is 18.2 Å². The molecule has 0 unspecified atom stereocenters. The van der Waals surface area contributed by atoms with E-state index in [-0.39, 0.29) is 21.4 Å². The minimum atomic E-state index is -4.81. The first-order valence-electron chi connectivity index (χ1n) is 7.83. The van der Waals surface area contributed by atoms with E-state index in [4.69, 9.17) is 0 Å². The molecule has 1 heterocycles. The lowest BCUT2D eigenvalue weighted by Gasteiger charge is -2.09. The molecule has 0 atom stereocenters. The lowest BCUT2D eigenvalue weighted by atomic mass is 10.3. The van der Waals surface area contributed by atoms with E-state index in [1.54, 1.807) is 18.2 Å². The number of nitrogens with one attached hydrogen (secondary N) is 2. The number of carbonyl (C=O) groups excluding carboxylic acids is 1. The molecule has 0 aliphatic heterocycles. The number of hydrogen-bond acceptors (Lipinski definition) is 6. The van der Waals surface area contributed by atoms with Crippen molar-refractivity contribution >= 4 is 38.1 Å². The van der Waals surface area contributed by atoms with Gasteiger partial charge in [0.15, 0.2) is 5.13 Å². The van der Waals surface area contributed by atoms with Crippen molar-refractivity contribution in [2.24, 2.45) is 0 Å². The Kier molecular flexibility index (Phi) is 5.75. The van der Waals surface area contributed by atoms with E-state index in [0.717, 1.165) is 23.5 Å². The number of anilines is 2. The second kappa shape index (κ2) is 8.09. The first kappa shape index (κ1) is 20.6. The van der Waals surface area contributed by atoms with Crippen molar-refractivity contribution in [3.8, 4) is 5.75 Å². The van der Waals surface area contributed by atoms with Crippen LogP contribution in [0.4, 0.5) is 24.0 Å². The summed E-state index contributed by atoms with van der Waals surface area (Å²) in [7, 11) is -3.84. The number of halogens is 3. The normalized spacial score (nSPS) is 11.7. The molecule has 3 rings (SSSR count). The van der Waals surface area contributed by atoms with Crippen molar-refractivity contribution < 1.29 is 31.1 Å². The third kappa shape index (κ3) is 5.68. The zero-order valence-corrected chi connectivity index (χ0v) is 15.9. The highest BCUT2D eigenvalue weighted by Gasteiger charge is 2.31. The summed E-state index contributed by atoms with van der Waals surface area (Å²) in [6.07, 6.45) is -4.81. The second-order valence-electron chi connectivity index (χ2n) is 5.48. The van der Waals surface area contributed by atoms with Crippen LogP contribution < -0.4 is 14.8 Å². The molecule has 2 N–H and O–H groups in total. The zero-order valence-electron chi connectivity index (χ0n) is 14.3. The lowest BCUT2D eigenvalue weighted by molar-refractivity contribution is -0.274. The van der Waals surface area contributed by atoms with Gasteiger partial charge in [-0.25, -0.2) is 13.4 Å². The van der Waals surface area contributed by atoms with Gasteiger partial charge in [0.2, 0.25) is 0 Å². The van der Waals surface area contributed by atoms with Crippen LogP contribution >= 0.6 is 11.3 Å². The van der Waals surface area contributed by atoms with E-state index >= 15 is 0 Å². The first-order valence-corrected chi connectivity index (χ1v) is 10.2. The highest BCUT2D eigenvalue weighted by atomic mass is 32.2. The summed E-state index contributed by atoms with van der Waals surface area (Å²) < 4.78 is 67.0. The largest absolute Gasteiger partial charge is 0.573 e. The summed E-state index contributed by atoms with van der Waals surface area (Å²) in [5.74, 6) is -1.09. The Hall–Kier alpha value is -3.12. The van der Waals surface area contributed by atoms with Crippen molar-refractivity contribution in [3.05, 3.63) is 65.7 Å². The number of aromatic nitrogens is 1. The fraction of sp³-hybridized carbons (Fsp3) is 0.0588. The molecule has 12 heteroatoms. The molecule has 7 nitrogen and oxygen atoms in total. The highest BCUT2D eigenvalue weighted by molar-refractivity contribution is 7.93. The predicted octanol–water partition coefficient (Wildman–Crippen LogP) is 4.09. The summed E-state index contributed by atoms with van der Waals surface area (Å²) >= 11 is 0.912. The molecule has 2 aromatic carbocycles. The molecular formula is C17H12F3N3O4S2. The van der Waals surface area contributed by atoms with Crippen LogP contribution in [0, 0.1) is 0 Å². The molecule has 0 bridgehead atoms. The maximum absolute atomic E-state index is 12.3. The van der Waals surface area contributed by atoms with Gasteiger partial charge in [-0.2, -0.15) is 0 Å². The van der Waals surface area contributed by atoms with Gasteiger partial charge >= 0.3 is 6.36 Å². The van der Waals surface area contributed by atoms with Crippen molar-refractivity contribution in [1.29, 1.82) is 0 Å². The average Bonchev–Trinajstić information content (AvgIpc) is 3.11. The average molecular weight is 443 g/mol. The quantitative estimate of drug-likeness (QED) is 0.598. The van der Waals surface area contributed by atoms with Crippen LogP contribution in [0.3, 0.4) is 0 Å². The number of alkyl halides is 3. The number of rotatable bonds is 6. The van der Waals surface area contributed by atoms with Crippen LogP contribution in [0.25, 0.3) is 0 Å². The van der Waals surface area contributed by atoms with E-state index in [2.05, 4.69) is 19.8 Å². The maximum Gasteiger partial charge on any atom is 0.573 e. The zero-order chi connectivity index (χ0) is 21.1. The summed E-state index contributed by atoms with van der Waals surface area (Å²) in [5.41, 5.74) is 0.153. The molecule has 1 aromatic heterocycles. The SMILES string of the molecule is O=C(Nc1ccc(OC(F)(F)F)cc1)c1csc(NS(=O)(=O)c2ccccc2)n1. The Balaban J connectivity index is 1.65. The van der Waals surface area contributed by atoms with E-state index in [0.29, 0.717) is 0 Å². The van der Waals surface area contributed by atoms with Gasteiger partial charge in [0.1, 0.15) is 11.4 Å². The second-order valence-corrected chi connectivity index (χ2v) is 8.02. The Bertz CT molecular complexity index is 1100. The Labute approximate surface area is 167 Å². The molecule has 1 amide bonds. The minimum absolute atomic E-state index is 0.00655. The number of thiazole rings is 1. The van der Waals surface area contributed by atoms with E-state index < -0.39 is 28.0 Å². The molecule has 0 fully saturated rings. The van der Waals surface area contributed by atoms with Crippen LogP contribution in [0.15, 0.2) is 64.9 Å². The fourth-order valence-corrected chi connectivity index (χ4v) is 4.10. The number of benzene rings is 2. The molecule has 3 aromatic rings. The highest BCUT2D eigenvalue weighted by Crippen LogP contribution is 2.25. The summed E-state index contributed by atoms with van der Waals surface area (Å²) in [5, 5.41) is 3.79. The Morgan fingerprint density at radius 3 is 2.31 bits per heavy atom. The Morgan fingerprint density at radius 1 is 1.03 bits per heavy atom. The fourth-order valence-electron chi connectivity index (χ4n) is 2.13. The van der Waals surface area contributed by atoms with Gasteiger partial charge in [0.25, 0.3) is 15.9 Å². The number of amides is 1. The van der Waals surface area contributed by atoms with E-state index in [1.165, 1.54) is 29.6 Å². The molecular weight excluding hydrogens is 431 g/mol. The number of ether oxygens (including phenoxy) is 1. The van der Waals surface area contributed by atoms with Crippen LogP contribution in [0.5, 0.6) is 5.75 Å². The van der Waals surface area contributed by atoms with Crippen molar-refractivity contribution in [1.82, 2.24) is 4.98 Å². The van der Waals surface area contributed by atoms with Crippen LogP contribution in [-0.2, 0) is 10.0 Å². The topological polar surface area (TPSA) is 97.4 Å². The molecule has 0 saturated carbocycles. The van der Waals surface area contributed by atoms with Crippen molar-refractivity contribution in [2.75, 3.05) is 10.0 Å². The molecule has 0 aliphatic rings. The van der Waals surface area contributed by atoms with E-state index in [1.807, 2.05) is 0 Å². The van der Waals surface area contributed by atoms with Gasteiger partial charge in [0, 0.05) is 11.1 Å². The maximum atomic E-state index is 12.3. The van der Waals surface area contributed by atoms with Crippen molar-refractivity contribution in [3.63, 3.8) is 0 Å². The molecule has 0 radical (unpaired) electrons. The first-order chi connectivity index (χ1) is 13.6. The molecule has 0 saturated heterocycles. The predicted molar refractivity (Wildman–Crippen MR) is 100 cm³/mol. The Morgan fingerprint density at radius 2 is 1.69 bits per heavy atom. The number of sulfonamides is 1. The summed E-state index contributed by atoms with van der Waals surface area (Å²) in [6.45, 7) is 0. The van der Waals surface area contributed by atoms with Crippen LogP contribution in [0.2, 0.25) is 0 Å². The summed E-state index contributed by atoms with van der Waals surface area (Å²) in [6, 6.07) is 12.2. The van der Waals surface area contributed by atoms with Gasteiger partial charge in [-0.15, -0.1) is 24.5 Å². The van der Waals surface area contributed by atoms with Gasteiger partial charge in [0.05, 0.1) is 4.90 Å². The smallest absolute Gasteiger partial charge is 0.406 e. The number of hydrogen-bond donors (Lipinski definition) is 2. The third-order valence-corrected chi connectivity index (χ3v) is 5.60. The monoisotopic (exact) mass is 443 g/mol. The molecule has 0 aliphatic carbocycles. The third-order valence-electron chi connectivity index (χ3n) is 3.36. The number of nitrogens with zero attached hydrogens (tertiary/aromatic N) is 1.